The number of hydrogen-bond donors (Lipinski definition) is 0. The van der Waals surface area contributed by atoms with E-state index in [1.807, 2.05) is 18.2 Å². The normalized spacial score (nSPS) is 10.4. The molecule has 4 heteroatoms. The molecule has 0 N–H and O–H groups in total. The molecule has 17 heavy (non-hydrogen) atoms. The van der Waals surface area contributed by atoms with E-state index in [-0.39, 0.29) is 5.78 Å². The third-order valence-corrected chi connectivity index (χ3v) is 2.83. The summed E-state index contributed by atoms with van der Waals surface area (Å²) in [4.78, 5) is 15.8. The number of furan rings is 1. The summed E-state index contributed by atoms with van der Waals surface area (Å²) < 4.78 is 6.08. The van der Waals surface area contributed by atoms with Crippen LogP contribution in [0.1, 0.15) is 17.7 Å². The molecule has 0 saturated carbocycles. The fourth-order valence-electron chi connectivity index (χ4n) is 1.59. The Labute approximate surface area is 108 Å². The Hall–Kier alpha value is -1.42. The van der Waals surface area contributed by atoms with Crippen LogP contribution in [0.25, 0.3) is 0 Å². The molecule has 0 bridgehead atoms. The lowest BCUT2D eigenvalue weighted by atomic mass is 10.1. The maximum atomic E-state index is 11.7. The molecule has 3 nitrogen and oxygen atoms in total. The SMILES string of the molecule is O=C(CCc1ccco1)Cc1cncc(Br)c1. The summed E-state index contributed by atoms with van der Waals surface area (Å²) in [5.41, 5.74) is 0.934. The smallest absolute Gasteiger partial charge is 0.137 e. The van der Waals surface area contributed by atoms with Crippen molar-refractivity contribution in [3.63, 3.8) is 0 Å². The Morgan fingerprint density at radius 3 is 3.00 bits per heavy atom. The molecule has 0 saturated heterocycles. The molecule has 0 unspecified atom stereocenters. The van der Waals surface area contributed by atoms with Crippen molar-refractivity contribution in [3.05, 3.63) is 52.7 Å². The Morgan fingerprint density at radius 1 is 1.41 bits per heavy atom. The minimum Gasteiger partial charge on any atom is -0.469 e. The van der Waals surface area contributed by atoms with Crippen molar-refractivity contribution in [1.82, 2.24) is 4.98 Å². The van der Waals surface area contributed by atoms with Crippen molar-refractivity contribution in [2.45, 2.75) is 19.3 Å². The van der Waals surface area contributed by atoms with Gasteiger partial charge in [-0.05, 0) is 39.7 Å². The van der Waals surface area contributed by atoms with Crippen LogP contribution in [0, 0.1) is 0 Å². The molecule has 0 fully saturated rings. The van der Waals surface area contributed by atoms with Gasteiger partial charge in [0.05, 0.1) is 6.26 Å². The van der Waals surface area contributed by atoms with Crippen LogP contribution in [0.15, 0.2) is 45.7 Å². The van der Waals surface area contributed by atoms with Gasteiger partial charge in [0.25, 0.3) is 0 Å². The van der Waals surface area contributed by atoms with E-state index in [9.17, 15) is 4.79 Å². The highest BCUT2D eigenvalue weighted by molar-refractivity contribution is 9.10. The van der Waals surface area contributed by atoms with Crippen molar-refractivity contribution < 1.29 is 9.21 Å². The highest BCUT2D eigenvalue weighted by Crippen LogP contribution is 2.11. The minimum absolute atomic E-state index is 0.196. The highest BCUT2D eigenvalue weighted by atomic mass is 79.9. The van der Waals surface area contributed by atoms with Gasteiger partial charge in [-0.15, -0.1) is 0 Å². The predicted octanol–water partition coefficient (Wildman–Crippen LogP) is 3.18. The van der Waals surface area contributed by atoms with Crippen LogP contribution in [0.3, 0.4) is 0 Å². The van der Waals surface area contributed by atoms with Gasteiger partial charge >= 0.3 is 0 Å². The first-order valence-corrected chi connectivity index (χ1v) is 6.17. The van der Waals surface area contributed by atoms with E-state index in [1.165, 1.54) is 0 Å². The molecule has 2 rings (SSSR count). The lowest BCUT2D eigenvalue weighted by Crippen LogP contribution is -2.04. The number of aryl methyl sites for hydroxylation is 1. The molecule has 0 radical (unpaired) electrons. The van der Waals surface area contributed by atoms with Crippen molar-refractivity contribution >= 4 is 21.7 Å². The second kappa shape index (κ2) is 5.77. The molecule has 0 aliphatic carbocycles. The van der Waals surface area contributed by atoms with E-state index in [0.29, 0.717) is 19.3 Å². The van der Waals surface area contributed by atoms with E-state index in [0.717, 1.165) is 15.8 Å². The van der Waals surface area contributed by atoms with Crippen molar-refractivity contribution in [1.29, 1.82) is 0 Å². The number of ketones is 1. The fraction of sp³-hybridized carbons (Fsp3) is 0.231. The number of aromatic nitrogens is 1. The molecule has 0 spiro atoms. The van der Waals surface area contributed by atoms with Crippen LogP contribution in [0.5, 0.6) is 0 Å². The van der Waals surface area contributed by atoms with Crippen LogP contribution in [-0.2, 0) is 17.6 Å². The van der Waals surface area contributed by atoms with Crippen molar-refractivity contribution in [3.8, 4) is 0 Å². The standard InChI is InChI=1S/C13H12BrNO2/c14-11-6-10(8-15-9-11)7-12(16)3-4-13-2-1-5-17-13/h1-2,5-6,8-9H,3-4,7H2. The minimum atomic E-state index is 0.196. The number of carbonyl (C=O) groups is 1. The molecule has 2 heterocycles. The van der Waals surface area contributed by atoms with Gasteiger partial charge in [-0.25, -0.2) is 0 Å². The predicted molar refractivity (Wildman–Crippen MR) is 67.7 cm³/mol. The molecule has 0 aromatic carbocycles. The lowest BCUT2D eigenvalue weighted by Gasteiger charge is -2.00. The van der Waals surface area contributed by atoms with Gasteiger partial charge in [-0.1, -0.05) is 0 Å². The summed E-state index contributed by atoms with van der Waals surface area (Å²) in [7, 11) is 0. The largest absolute Gasteiger partial charge is 0.469 e. The van der Waals surface area contributed by atoms with E-state index >= 15 is 0 Å². The maximum Gasteiger partial charge on any atom is 0.137 e. The van der Waals surface area contributed by atoms with Gasteiger partial charge in [-0.2, -0.15) is 0 Å². The van der Waals surface area contributed by atoms with Gasteiger partial charge in [0.15, 0.2) is 0 Å². The molecule has 0 atom stereocenters. The second-order valence-corrected chi connectivity index (χ2v) is 4.72. The van der Waals surface area contributed by atoms with E-state index in [1.54, 1.807) is 18.7 Å². The number of carbonyl (C=O) groups excluding carboxylic acids is 1. The zero-order valence-corrected chi connectivity index (χ0v) is 10.8. The Morgan fingerprint density at radius 2 is 2.29 bits per heavy atom. The van der Waals surface area contributed by atoms with Gasteiger partial charge in [0.2, 0.25) is 0 Å². The summed E-state index contributed by atoms with van der Waals surface area (Å²) in [6, 6.07) is 5.63. The highest BCUT2D eigenvalue weighted by Gasteiger charge is 2.06. The summed E-state index contributed by atoms with van der Waals surface area (Å²) in [6.45, 7) is 0. The first-order chi connectivity index (χ1) is 8.24. The molecule has 88 valence electrons. The first-order valence-electron chi connectivity index (χ1n) is 5.37. The Kier molecular flexibility index (Phi) is 4.09. The van der Waals surface area contributed by atoms with Gasteiger partial charge in [0.1, 0.15) is 11.5 Å². The molecule has 0 aliphatic heterocycles. The molecular formula is C13H12BrNO2. The van der Waals surface area contributed by atoms with Crippen molar-refractivity contribution in [2.24, 2.45) is 0 Å². The third kappa shape index (κ3) is 3.82. The van der Waals surface area contributed by atoms with Crippen LogP contribution < -0.4 is 0 Å². The molecular weight excluding hydrogens is 282 g/mol. The van der Waals surface area contributed by atoms with E-state index < -0.39 is 0 Å². The van der Waals surface area contributed by atoms with Crippen LogP contribution in [0.4, 0.5) is 0 Å². The zero-order valence-electron chi connectivity index (χ0n) is 9.23. The summed E-state index contributed by atoms with van der Waals surface area (Å²) in [6.07, 6.45) is 6.63. The van der Waals surface area contributed by atoms with Gasteiger partial charge in [0, 0.05) is 36.1 Å². The average molecular weight is 294 g/mol. The first kappa shape index (κ1) is 12.0. The quantitative estimate of drug-likeness (QED) is 0.850. The fourth-order valence-corrected chi connectivity index (χ4v) is 2.00. The van der Waals surface area contributed by atoms with Gasteiger partial charge < -0.3 is 4.42 Å². The molecule has 0 aliphatic rings. The number of pyridine rings is 1. The summed E-state index contributed by atoms with van der Waals surface area (Å²) in [5, 5.41) is 0. The monoisotopic (exact) mass is 293 g/mol. The zero-order chi connectivity index (χ0) is 12.1. The number of Topliss-reactive ketones (excluding diaryl/α,β-unsaturated/α-hetero) is 1. The maximum absolute atomic E-state index is 11.7. The second-order valence-electron chi connectivity index (χ2n) is 3.81. The Bertz CT molecular complexity index is 494. The van der Waals surface area contributed by atoms with Crippen LogP contribution >= 0.6 is 15.9 Å². The average Bonchev–Trinajstić information content (AvgIpc) is 2.79. The van der Waals surface area contributed by atoms with E-state index in [4.69, 9.17) is 4.42 Å². The third-order valence-electron chi connectivity index (χ3n) is 2.39. The Balaban J connectivity index is 1.85. The number of rotatable bonds is 5. The van der Waals surface area contributed by atoms with Gasteiger partial charge in [-0.3, -0.25) is 9.78 Å². The van der Waals surface area contributed by atoms with Crippen molar-refractivity contribution in [2.75, 3.05) is 0 Å². The lowest BCUT2D eigenvalue weighted by molar-refractivity contribution is -0.118. The topological polar surface area (TPSA) is 43.1 Å². The number of hydrogen-bond acceptors (Lipinski definition) is 3. The van der Waals surface area contributed by atoms with E-state index in [2.05, 4.69) is 20.9 Å². The number of halogens is 1. The van der Waals surface area contributed by atoms with Crippen LogP contribution in [0.2, 0.25) is 0 Å². The molecule has 2 aromatic rings. The summed E-state index contributed by atoms with van der Waals surface area (Å²) in [5.74, 6) is 1.05. The molecule has 0 amide bonds. The molecule has 2 aromatic heterocycles. The summed E-state index contributed by atoms with van der Waals surface area (Å²) >= 11 is 3.33. The van der Waals surface area contributed by atoms with Crippen LogP contribution in [-0.4, -0.2) is 10.8 Å². The number of nitrogens with zero attached hydrogens (tertiary/aromatic N) is 1.